The molecule has 0 atom stereocenters. The molecule has 3 aromatic carbocycles. The number of carbonyl (C=O) groups excluding carboxylic acids is 2. The first-order chi connectivity index (χ1) is 13.1. The molecule has 0 N–H and O–H groups in total. The van der Waals surface area contributed by atoms with E-state index in [9.17, 15) is 9.59 Å². The monoisotopic (exact) mass is 374 g/mol. The molecule has 0 saturated heterocycles. The lowest BCUT2D eigenvalue weighted by Crippen LogP contribution is -2.29. The minimum absolute atomic E-state index is 0.346. The maximum Gasteiger partial charge on any atom is 0.266 e. The van der Waals surface area contributed by atoms with Gasteiger partial charge in [0, 0.05) is 6.07 Å². The third-order valence-electron chi connectivity index (χ3n) is 4.53. The van der Waals surface area contributed by atoms with Crippen LogP contribution in [0.1, 0.15) is 20.7 Å². The highest BCUT2D eigenvalue weighted by Crippen LogP contribution is 2.33. The summed E-state index contributed by atoms with van der Waals surface area (Å²) in [5.74, 6) is -0.309. The number of rotatable bonds is 2. The van der Waals surface area contributed by atoms with Crippen molar-refractivity contribution >= 4 is 40.2 Å². The van der Waals surface area contributed by atoms with Crippen LogP contribution in [0.4, 0.5) is 5.69 Å². The van der Waals surface area contributed by atoms with Gasteiger partial charge in [0.05, 0.1) is 27.4 Å². The van der Waals surface area contributed by atoms with Crippen LogP contribution in [0.15, 0.2) is 71.1 Å². The Kier molecular flexibility index (Phi) is 3.39. The molecule has 1 aliphatic heterocycles. The average Bonchev–Trinajstić information content (AvgIpc) is 3.21. The second kappa shape index (κ2) is 5.79. The van der Waals surface area contributed by atoms with E-state index in [2.05, 4.69) is 4.98 Å². The van der Waals surface area contributed by atoms with Crippen molar-refractivity contribution in [2.24, 2.45) is 0 Å². The number of benzene rings is 3. The Balaban J connectivity index is 1.59. The topological polar surface area (TPSA) is 63.4 Å². The van der Waals surface area contributed by atoms with Crippen molar-refractivity contribution < 1.29 is 14.0 Å². The molecule has 0 bridgehead atoms. The minimum atomic E-state index is -0.346. The number of nitrogens with zero attached hydrogens (tertiary/aromatic N) is 2. The number of halogens is 1. The summed E-state index contributed by atoms with van der Waals surface area (Å²) >= 11 is 6.21. The van der Waals surface area contributed by atoms with Gasteiger partial charge in [0.15, 0.2) is 5.58 Å². The summed E-state index contributed by atoms with van der Waals surface area (Å²) in [5.41, 5.74) is 3.01. The maximum atomic E-state index is 12.7. The molecule has 5 nitrogen and oxygen atoms in total. The van der Waals surface area contributed by atoms with Crippen molar-refractivity contribution in [3.63, 3.8) is 0 Å². The van der Waals surface area contributed by atoms with Crippen molar-refractivity contribution in [3.8, 4) is 11.5 Å². The zero-order chi connectivity index (χ0) is 18.5. The Labute approximate surface area is 158 Å². The van der Waals surface area contributed by atoms with Gasteiger partial charge in [-0.05, 0) is 36.4 Å². The second-order valence-electron chi connectivity index (χ2n) is 6.14. The first-order valence-corrected chi connectivity index (χ1v) is 8.64. The molecule has 2 amide bonds. The molecule has 0 aliphatic carbocycles. The Hall–Kier alpha value is -3.44. The molecule has 2 heterocycles. The van der Waals surface area contributed by atoms with Crippen molar-refractivity contribution in [2.45, 2.75) is 0 Å². The number of fused-ring (bicyclic) bond motifs is 2. The van der Waals surface area contributed by atoms with Gasteiger partial charge in [0.2, 0.25) is 5.89 Å². The number of hydrogen-bond acceptors (Lipinski definition) is 4. The predicted octanol–water partition coefficient (Wildman–Crippen LogP) is 4.95. The largest absolute Gasteiger partial charge is 0.436 e. The lowest BCUT2D eigenvalue weighted by Gasteiger charge is -2.13. The van der Waals surface area contributed by atoms with Crippen LogP contribution in [0, 0.1) is 0 Å². The molecule has 1 aliphatic rings. The number of imide groups is 1. The molecule has 0 radical (unpaired) electrons. The third-order valence-corrected chi connectivity index (χ3v) is 4.86. The number of anilines is 1. The molecule has 4 aromatic rings. The Morgan fingerprint density at radius 1 is 0.815 bits per heavy atom. The fraction of sp³-hybridized carbons (Fsp3) is 0. The summed E-state index contributed by atoms with van der Waals surface area (Å²) in [5, 5.41) is 0.532. The van der Waals surface area contributed by atoms with Gasteiger partial charge in [0.1, 0.15) is 5.52 Å². The Morgan fingerprint density at radius 3 is 2.11 bits per heavy atom. The van der Waals surface area contributed by atoms with Crippen molar-refractivity contribution in [3.05, 3.63) is 82.9 Å². The van der Waals surface area contributed by atoms with Crippen LogP contribution >= 0.6 is 11.6 Å². The highest BCUT2D eigenvalue weighted by atomic mass is 35.5. The fourth-order valence-electron chi connectivity index (χ4n) is 3.23. The highest BCUT2D eigenvalue weighted by molar-refractivity contribution is 6.34. The second-order valence-corrected chi connectivity index (χ2v) is 6.55. The van der Waals surface area contributed by atoms with Gasteiger partial charge >= 0.3 is 0 Å². The zero-order valence-electron chi connectivity index (χ0n) is 13.8. The predicted molar refractivity (Wildman–Crippen MR) is 102 cm³/mol. The summed E-state index contributed by atoms with van der Waals surface area (Å²) < 4.78 is 5.84. The minimum Gasteiger partial charge on any atom is -0.436 e. The number of aromatic nitrogens is 1. The highest BCUT2D eigenvalue weighted by Gasteiger charge is 2.36. The molecule has 0 unspecified atom stereocenters. The molecule has 0 spiro atoms. The van der Waals surface area contributed by atoms with Gasteiger partial charge in [0.25, 0.3) is 11.8 Å². The molecule has 5 rings (SSSR count). The van der Waals surface area contributed by atoms with Crippen LogP contribution in [0.3, 0.4) is 0 Å². The zero-order valence-corrected chi connectivity index (χ0v) is 14.6. The van der Waals surface area contributed by atoms with Crippen LogP contribution in [0.2, 0.25) is 5.02 Å². The van der Waals surface area contributed by atoms with E-state index in [1.54, 1.807) is 48.5 Å². The lowest BCUT2D eigenvalue weighted by molar-refractivity contribution is 0.0926. The third kappa shape index (κ3) is 2.36. The maximum absolute atomic E-state index is 12.7. The number of hydrogen-bond donors (Lipinski definition) is 0. The summed E-state index contributed by atoms with van der Waals surface area (Å²) in [6.45, 7) is 0. The van der Waals surface area contributed by atoms with E-state index in [1.807, 2.05) is 18.2 Å². The molecule has 27 heavy (non-hydrogen) atoms. The fourth-order valence-corrected chi connectivity index (χ4v) is 3.44. The van der Waals surface area contributed by atoms with Crippen LogP contribution < -0.4 is 4.90 Å². The van der Waals surface area contributed by atoms with E-state index in [4.69, 9.17) is 16.0 Å². The van der Waals surface area contributed by atoms with Gasteiger partial charge in [-0.1, -0.05) is 35.9 Å². The molecule has 0 saturated carbocycles. The van der Waals surface area contributed by atoms with Crippen molar-refractivity contribution in [2.75, 3.05) is 4.90 Å². The summed E-state index contributed by atoms with van der Waals surface area (Å²) in [7, 11) is 0. The number of carbonyl (C=O) groups is 2. The van der Waals surface area contributed by atoms with Crippen LogP contribution in [0.25, 0.3) is 22.6 Å². The Morgan fingerprint density at radius 2 is 1.44 bits per heavy atom. The quantitative estimate of drug-likeness (QED) is 0.466. The normalized spacial score (nSPS) is 13.4. The first-order valence-electron chi connectivity index (χ1n) is 8.27. The molecular formula is C21H11ClN2O3. The SMILES string of the molecule is O=C1c2ccccc2C(=O)N1c1ccc2nc(-c3ccccc3Cl)oc2c1. The summed E-state index contributed by atoms with van der Waals surface area (Å²) in [6.07, 6.45) is 0. The smallest absolute Gasteiger partial charge is 0.266 e. The van der Waals surface area contributed by atoms with Crippen LogP contribution in [-0.2, 0) is 0 Å². The number of oxazole rings is 1. The molecule has 0 fully saturated rings. The molecular weight excluding hydrogens is 364 g/mol. The first kappa shape index (κ1) is 15.8. The van der Waals surface area contributed by atoms with Gasteiger partial charge in [-0.25, -0.2) is 9.88 Å². The van der Waals surface area contributed by atoms with Gasteiger partial charge in [-0.3, -0.25) is 9.59 Å². The van der Waals surface area contributed by atoms with E-state index in [0.29, 0.717) is 44.4 Å². The number of amides is 2. The molecule has 6 heteroatoms. The van der Waals surface area contributed by atoms with E-state index in [-0.39, 0.29) is 11.8 Å². The van der Waals surface area contributed by atoms with E-state index < -0.39 is 0 Å². The van der Waals surface area contributed by atoms with Crippen molar-refractivity contribution in [1.82, 2.24) is 4.98 Å². The molecule has 1 aromatic heterocycles. The summed E-state index contributed by atoms with van der Waals surface area (Å²) in [6, 6.07) is 19.1. The van der Waals surface area contributed by atoms with Gasteiger partial charge in [-0.15, -0.1) is 0 Å². The average molecular weight is 375 g/mol. The Bertz CT molecular complexity index is 1210. The van der Waals surface area contributed by atoms with E-state index >= 15 is 0 Å². The van der Waals surface area contributed by atoms with Gasteiger partial charge < -0.3 is 4.42 Å². The van der Waals surface area contributed by atoms with E-state index in [0.717, 1.165) is 4.90 Å². The molecule has 130 valence electrons. The van der Waals surface area contributed by atoms with E-state index in [1.165, 1.54) is 0 Å². The summed E-state index contributed by atoms with van der Waals surface area (Å²) in [4.78, 5) is 30.9. The van der Waals surface area contributed by atoms with Crippen LogP contribution in [-0.4, -0.2) is 16.8 Å². The van der Waals surface area contributed by atoms with Crippen LogP contribution in [0.5, 0.6) is 0 Å². The lowest BCUT2D eigenvalue weighted by atomic mass is 10.1. The van der Waals surface area contributed by atoms with Gasteiger partial charge in [-0.2, -0.15) is 0 Å². The standard InChI is InChI=1S/C21H11ClN2O3/c22-16-8-4-3-7-15(16)19-23-17-10-9-12(11-18(17)27-19)24-20(25)13-5-1-2-6-14(13)21(24)26/h1-11H. The van der Waals surface area contributed by atoms with Crippen molar-refractivity contribution in [1.29, 1.82) is 0 Å².